The average Bonchev–Trinajstić information content (AvgIpc) is 3.28. The lowest BCUT2D eigenvalue weighted by atomic mass is 10.1. The molecule has 0 bridgehead atoms. The molecule has 3 aromatic heterocycles. The molecule has 198 valence electrons. The summed E-state index contributed by atoms with van der Waals surface area (Å²) in [6.07, 6.45) is 0.414. The van der Waals surface area contributed by atoms with E-state index in [1.165, 1.54) is 28.8 Å². The summed E-state index contributed by atoms with van der Waals surface area (Å²) in [4.78, 5) is 27.0. The summed E-state index contributed by atoms with van der Waals surface area (Å²) in [7, 11) is 1.24. The molecule has 1 atom stereocenters. The standard InChI is InChI=1S/C27H24F2N8O2/c1-15(16-8-4-3-5-9-16)36(27(38)39-2)23-24(30)33-26(34-25(23)31)37-21-13-18(28)14-32-22(21)20(35-37)12-17-10-6-7-11-19(17)29/h3-11,13-15H,12H2,1-2H3,(H4,30,31,33,34). The summed E-state index contributed by atoms with van der Waals surface area (Å²) >= 11 is 0. The summed E-state index contributed by atoms with van der Waals surface area (Å²) in [5.74, 6) is -1.37. The minimum Gasteiger partial charge on any atom is -0.452 e. The molecule has 0 aliphatic rings. The van der Waals surface area contributed by atoms with E-state index in [2.05, 4.69) is 20.1 Å². The van der Waals surface area contributed by atoms with E-state index in [0.717, 1.165) is 11.8 Å². The summed E-state index contributed by atoms with van der Waals surface area (Å²) in [5.41, 5.74) is 14.8. The number of methoxy groups -OCH3 is 1. The number of amides is 1. The summed E-state index contributed by atoms with van der Waals surface area (Å²) < 4.78 is 34.8. The Kier molecular flexibility index (Phi) is 6.75. The number of halogens is 2. The highest BCUT2D eigenvalue weighted by Crippen LogP contribution is 2.36. The zero-order valence-corrected chi connectivity index (χ0v) is 21.0. The van der Waals surface area contributed by atoms with Crippen LogP contribution in [0.2, 0.25) is 0 Å². The lowest BCUT2D eigenvalue weighted by Crippen LogP contribution is -2.35. The van der Waals surface area contributed by atoms with E-state index < -0.39 is 23.8 Å². The van der Waals surface area contributed by atoms with E-state index in [1.54, 1.807) is 25.1 Å². The first-order valence-corrected chi connectivity index (χ1v) is 11.9. The molecule has 4 N–H and O–H groups in total. The molecular formula is C27H24F2N8O2. The van der Waals surface area contributed by atoms with Gasteiger partial charge in [-0.25, -0.2) is 18.6 Å². The number of ether oxygens (including phenoxy) is 1. The first kappa shape index (κ1) is 25.5. The van der Waals surface area contributed by atoms with Gasteiger partial charge in [0.05, 0.1) is 30.6 Å². The lowest BCUT2D eigenvalue weighted by Gasteiger charge is -2.29. The molecular weight excluding hydrogens is 506 g/mol. The van der Waals surface area contributed by atoms with Crippen LogP contribution in [0.5, 0.6) is 0 Å². The van der Waals surface area contributed by atoms with Crippen molar-refractivity contribution in [2.75, 3.05) is 23.5 Å². The Bertz CT molecular complexity index is 1650. The van der Waals surface area contributed by atoms with Crippen molar-refractivity contribution >= 4 is 34.4 Å². The predicted octanol–water partition coefficient (Wildman–Crippen LogP) is 4.58. The highest BCUT2D eigenvalue weighted by Gasteiger charge is 2.30. The molecule has 12 heteroatoms. The SMILES string of the molecule is COC(=O)N(c1c(N)nc(-n2nc(Cc3ccccc3F)c3ncc(F)cc32)nc1N)C(C)c1ccccc1. The second-order valence-corrected chi connectivity index (χ2v) is 8.72. The number of nitrogens with two attached hydrogens (primary N) is 2. The Morgan fingerprint density at radius 1 is 1.05 bits per heavy atom. The monoisotopic (exact) mass is 530 g/mol. The third kappa shape index (κ3) is 4.79. The number of aromatic nitrogens is 5. The van der Waals surface area contributed by atoms with Crippen molar-refractivity contribution in [3.05, 3.63) is 95.3 Å². The lowest BCUT2D eigenvalue weighted by molar-refractivity contribution is 0.176. The average molecular weight is 531 g/mol. The topological polar surface area (TPSA) is 138 Å². The van der Waals surface area contributed by atoms with Crippen LogP contribution >= 0.6 is 0 Å². The Hall–Kier alpha value is -5.13. The van der Waals surface area contributed by atoms with Gasteiger partial charge in [0.1, 0.15) is 22.8 Å². The van der Waals surface area contributed by atoms with Gasteiger partial charge in [-0.15, -0.1) is 0 Å². The molecule has 2 aromatic carbocycles. The zero-order chi connectivity index (χ0) is 27.7. The highest BCUT2D eigenvalue weighted by molar-refractivity contribution is 5.95. The summed E-state index contributed by atoms with van der Waals surface area (Å²) in [5, 5.41) is 4.51. The number of nitrogens with zero attached hydrogens (tertiary/aromatic N) is 6. The minimum atomic E-state index is -0.718. The number of benzene rings is 2. The maximum atomic E-state index is 14.4. The van der Waals surface area contributed by atoms with Crippen molar-refractivity contribution in [2.45, 2.75) is 19.4 Å². The molecule has 0 aliphatic heterocycles. The van der Waals surface area contributed by atoms with E-state index in [-0.39, 0.29) is 35.2 Å². The smallest absolute Gasteiger partial charge is 0.414 e. The Balaban J connectivity index is 1.62. The number of fused-ring (bicyclic) bond motifs is 1. The van der Waals surface area contributed by atoms with Crippen molar-refractivity contribution < 1.29 is 18.3 Å². The third-order valence-electron chi connectivity index (χ3n) is 6.27. The van der Waals surface area contributed by atoms with Crippen molar-refractivity contribution in [1.29, 1.82) is 0 Å². The van der Waals surface area contributed by atoms with Gasteiger partial charge in [-0.2, -0.15) is 19.7 Å². The number of pyridine rings is 1. The number of carbonyl (C=O) groups is 1. The Morgan fingerprint density at radius 3 is 2.38 bits per heavy atom. The van der Waals surface area contributed by atoms with Crippen LogP contribution in [-0.4, -0.2) is 37.9 Å². The number of anilines is 3. The molecule has 5 rings (SSSR count). The molecule has 3 heterocycles. The number of rotatable bonds is 6. The normalized spacial score (nSPS) is 11.9. The largest absolute Gasteiger partial charge is 0.452 e. The molecule has 0 spiro atoms. The maximum Gasteiger partial charge on any atom is 0.414 e. The van der Waals surface area contributed by atoms with Gasteiger partial charge in [0, 0.05) is 12.5 Å². The molecule has 0 saturated carbocycles. The van der Waals surface area contributed by atoms with Crippen LogP contribution < -0.4 is 16.4 Å². The fourth-order valence-electron chi connectivity index (χ4n) is 4.37. The van der Waals surface area contributed by atoms with Crippen LogP contribution in [0.3, 0.4) is 0 Å². The number of hydrogen-bond acceptors (Lipinski definition) is 8. The molecule has 0 aliphatic carbocycles. The zero-order valence-electron chi connectivity index (χ0n) is 21.0. The number of hydrogen-bond donors (Lipinski definition) is 2. The van der Waals surface area contributed by atoms with E-state index in [1.807, 2.05) is 30.3 Å². The van der Waals surface area contributed by atoms with Crippen LogP contribution in [0.1, 0.15) is 29.8 Å². The molecule has 5 aromatic rings. The number of nitrogen functional groups attached to an aromatic ring is 2. The molecule has 1 amide bonds. The Morgan fingerprint density at radius 2 is 1.72 bits per heavy atom. The van der Waals surface area contributed by atoms with Gasteiger partial charge in [-0.05, 0) is 24.1 Å². The van der Waals surface area contributed by atoms with Crippen LogP contribution in [0.15, 0.2) is 66.9 Å². The molecule has 0 radical (unpaired) electrons. The van der Waals surface area contributed by atoms with Crippen LogP contribution in [0.25, 0.3) is 17.0 Å². The maximum absolute atomic E-state index is 14.4. The Labute approximate surface area is 221 Å². The van der Waals surface area contributed by atoms with E-state index in [0.29, 0.717) is 16.8 Å². The molecule has 39 heavy (non-hydrogen) atoms. The van der Waals surface area contributed by atoms with Gasteiger partial charge in [0.15, 0.2) is 11.6 Å². The summed E-state index contributed by atoms with van der Waals surface area (Å²) in [6.45, 7) is 1.78. The second kappa shape index (κ2) is 10.3. The number of carbonyl (C=O) groups excluding carboxylic acids is 1. The van der Waals surface area contributed by atoms with Gasteiger partial charge in [-0.1, -0.05) is 48.5 Å². The minimum absolute atomic E-state index is 0.0503. The second-order valence-electron chi connectivity index (χ2n) is 8.72. The van der Waals surface area contributed by atoms with Gasteiger partial charge in [0.2, 0.25) is 0 Å². The third-order valence-corrected chi connectivity index (χ3v) is 6.27. The predicted molar refractivity (Wildman–Crippen MR) is 142 cm³/mol. The molecule has 1 unspecified atom stereocenters. The first-order valence-electron chi connectivity index (χ1n) is 11.9. The first-order chi connectivity index (χ1) is 18.8. The fraction of sp³-hybridized carbons (Fsp3) is 0.148. The van der Waals surface area contributed by atoms with Crippen molar-refractivity contribution in [3.63, 3.8) is 0 Å². The van der Waals surface area contributed by atoms with Crippen molar-refractivity contribution in [2.24, 2.45) is 0 Å². The summed E-state index contributed by atoms with van der Waals surface area (Å²) in [6, 6.07) is 16.1. The molecule has 0 saturated heterocycles. The van der Waals surface area contributed by atoms with E-state index in [9.17, 15) is 13.6 Å². The van der Waals surface area contributed by atoms with Crippen LogP contribution in [0, 0.1) is 11.6 Å². The van der Waals surface area contributed by atoms with E-state index >= 15 is 0 Å². The van der Waals surface area contributed by atoms with Gasteiger partial charge in [0.25, 0.3) is 5.95 Å². The molecule has 0 fully saturated rings. The van der Waals surface area contributed by atoms with Gasteiger partial charge < -0.3 is 16.2 Å². The van der Waals surface area contributed by atoms with Gasteiger partial charge in [-0.3, -0.25) is 4.90 Å². The van der Waals surface area contributed by atoms with Crippen molar-refractivity contribution in [3.8, 4) is 5.95 Å². The molecule has 10 nitrogen and oxygen atoms in total. The van der Waals surface area contributed by atoms with Gasteiger partial charge >= 0.3 is 6.09 Å². The van der Waals surface area contributed by atoms with E-state index in [4.69, 9.17) is 16.2 Å². The fourth-order valence-corrected chi connectivity index (χ4v) is 4.37. The van der Waals surface area contributed by atoms with Crippen molar-refractivity contribution in [1.82, 2.24) is 24.7 Å². The highest BCUT2D eigenvalue weighted by atomic mass is 19.1. The quantitative estimate of drug-likeness (QED) is 0.325. The van der Waals surface area contributed by atoms with Crippen LogP contribution in [-0.2, 0) is 11.2 Å². The van der Waals surface area contributed by atoms with Crippen LogP contribution in [0.4, 0.5) is 30.9 Å².